The smallest absolute Gasteiger partial charge is 0.343 e. The van der Waals surface area contributed by atoms with Crippen LogP contribution in [0.15, 0.2) is 28.7 Å². The van der Waals surface area contributed by atoms with Crippen molar-refractivity contribution in [1.29, 1.82) is 5.41 Å². The molecule has 1 aromatic carbocycles. The molecule has 0 unspecified atom stereocenters. The number of ether oxygens (including phenoxy) is 1. The molecule has 0 fully saturated rings. The van der Waals surface area contributed by atoms with Gasteiger partial charge in [0.25, 0.3) is 0 Å². The summed E-state index contributed by atoms with van der Waals surface area (Å²) in [6.45, 7) is 7.98. The van der Waals surface area contributed by atoms with Gasteiger partial charge in [0.1, 0.15) is 11.1 Å². The molecule has 21 heavy (non-hydrogen) atoms. The van der Waals surface area contributed by atoms with Gasteiger partial charge in [-0.25, -0.2) is 4.79 Å². The first-order chi connectivity index (χ1) is 10.1. The quantitative estimate of drug-likeness (QED) is 0.859. The highest BCUT2D eigenvalue weighted by atomic mass is 16.5. The molecule has 112 valence electrons. The van der Waals surface area contributed by atoms with E-state index in [1.165, 1.54) is 0 Å². The van der Waals surface area contributed by atoms with Crippen LogP contribution >= 0.6 is 0 Å². The summed E-state index contributed by atoms with van der Waals surface area (Å²) in [6.07, 6.45) is 0. The average Bonchev–Trinajstić information content (AvgIpc) is 2.48. The standard InChI is InChI=1S/C16H20N2O3/c1-4-18(5-2)12-8-7-11-9-13(16(19)20-6-3)15(17)21-14(11)10-12/h7-10,17H,4-6H2,1-3H3. The van der Waals surface area contributed by atoms with Crippen molar-refractivity contribution in [2.24, 2.45) is 0 Å². The molecule has 0 saturated heterocycles. The third-order valence-corrected chi connectivity index (χ3v) is 3.38. The minimum Gasteiger partial charge on any atom is -0.462 e. The molecule has 1 aromatic heterocycles. The second-order valence-electron chi connectivity index (χ2n) is 4.60. The van der Waals surface area contributed by atoms with Crippen LogP contribution < -0.4 is 10.5 Å². The lowest BCUT2D eigenvalue weighted by atomic mass is 10.1. The van der Waals surface area contributed by atoms with E-state index in [1.54, 1.807) is 13.0 Å². The third-order valence-electron chi connectivity index (χ3n) is 3.38. The maximum Gasteiger partial charge on any atom is 0.343 e. The van der Waals surface area contributed by atoms with Gasteiger partial charge in [0.05, 0.1) is 6.61 Å². The highest BCUT2D eigenvalue weighted by molar-refractivity contribution is 5.93. The van der Waals surface area contributed by atoms with E-state index in [-0.39, 0.29) is 17.7 Å². The first-order valence-corrected chi connectivity index (χ1v) is 7.15. The molecule has 5 nitrogen and oxygen atoms in total. The Morgan fingerprint density at radius 3 is 2.57 bits per heavy atom. The van der Waals surface area contributed by atoms with Crippen molar-refractivity contribution in [2.75, 3.05) is 24.6 Å². The summed E-state index contributed by atoms with van der Waals surface area (Å²) in [6, 6.07) is 7.43. The van der Waals surface area contributed by atoms with Crippen LogP contribution in [-0.4, -0.2) is 25.7 Å². The lowest BCUT2D eigenvalue weighted by molar-refractivity contribution is 0.0521. The van der Waals surface area contributed by atoms with Crippen LogP contribution in [-0.2, 0) is 4.74 Å². The zero-order chi connectivity index (χ0) is 15.4. The van der Waals surface area contributed by atoms with E-state index < -0.39 is 5.97 Å². The highest BCUT2D eigenvalue weighted by Crippen LogP contribution is 2.22. The topological polar surface area (TPSA) is 66.5 Å². The molecule has 1 heterocycles. The van der Waals surface area contributed by atoms with Gasteiger partial charge in [0.2, 0.25) is 5.55 Å². The van der Waals surface area contributed by atoms with Crippen LogP contribution in [0.3, 0.4) is 0 Å². The van der Waals surface area contributed by atoms with Crippen molar-refractivity contribution in [3.63, 3.8) is 0 Å². The molecule has 0 radical (unpaired) electrons. The van der Waals surface area contributed by atoms with E-state index >= 15 is 0 Å². The fourth-order valence-electron chi connectivity index (χ4n) is 2.26. The van der Waals surface area contributed by atoms with Gasteiger partial charge in [-0.1, -0.05) is 0 Å². The molecule has 0 aliphatic rings. The van der Waals surface area contributed by atoms with E-state index in [4.69, 9.17) is 14.6 Å². The number of nitrogens with one attached hydrogen (secondary N) is 1. The molecular weight excluding hydrogens is 268 g/mol. The van der Waals surface area contributed by atoms with Crippen molar-refractivity contribution < 1.29 is 13.9 Å². The number of anilines is 1. The molecule has 0 atom stereocenters. The molecule has 0 aliphatic heterocycles. The Kier molecular flexibility index (Phi) is 4.62. The molecule has 5 heteroatoms. The van der Waals surface area contributed by atoms with Crippen molar-refractivity contribution in [1.82, 2.24) is 0 Å². The first kappa shape index (κ1) is 15.1. The first-order valence-electron chi connectivity index (χ1n) is 7.15. The summed E-state index contributed by atoms with van der Waals surface area (Å²) in [4.78, 5) is 14.0. The Morgan fingerprint density at radius 2 is 1.95 bits per heavy atom. The van der Waals surface area contributed by atoms with Gasteiger partial charge in [0.15, 0.2) is 0 Å². The largest absolute Gasteiger partial charge is 0.462 e. The number of carbonyl (C=O) groups excluding carboxylic acids is 1. The Morgan fingerprint density at radius 1 is 1.24 bits per heavy atom. The normalized spacial score (nSPS) is 10.6. The van der Waals surface area contributed by atoms with Crippen LogP contribution in [0.25, 0.3) is 11.0 Å². The third kappa shape index (κ3) is 3.07. The second kappa shape index (κ2) is 6.43. The number of hydrogen-bond donors (Lipinski definition) is 1. The lowest BCUT2D eigenvalue weighted by Crippen LogP contribution is -2.21. The van der Waals surface area contributed by atoms with Crippen LogP contribution in [0.5, 0.6) is 0 Å². The summed E-state index contributed by atoms with van der Waals surface area (Å²) < 4.78 is 10.4. The predicted octanol–water partition coefficient (Wildman–Crippen LogP) is 2.94. The number of nitrogens with zero attached hydrogens (tertiary/aromatic N) is 1. The van der Waals surface area contributed by atoms with Crippen LogP contribution in [0.2, 0.25) is 0 Å². The van der Waals surface area contributed by atoms with Gasteiger partial charge in [-0.05, 0) is 39.0 Å². The minimum absolute atomic E-state index is 0.153. The molecular formula is C16H20N2O3. The Balaban J connectivity index is 2.49. The monoisotopic (exact) mass is 288 g/mol. The lowest BCUT2D eigenvalue weighted by Gasteiger charge is -2.21. The Bertz CT molecular complexity index is 702. The number of hydrogen-bond acceptors (Lipinski definition) is 5. The zero-order valence-electron chi connectivity index (χ0n) is 12.6. The van der Waals surface area contributed by atoms with Gasteiger partial charge < -0.3 is 14.1 Å². The summed E-state index contributed by atoms with van der Waals surface area (Å²) in [5, 5.41) is 8.63. The summed E-state index contributed by atoms with van der Waals surface area (Å²) in [7, 11) is 0. The van der Waals surface area contributed by atoms with E-state index in [0.29, 0.717) is 5.58 Å². The molecule has 0 amide bonds. The average molecular weight is 288 g/mol. The van der Waals surface area contributed by atoms with Crippen LogP contribution in [0, 0.1) is 5.41 Å². The van der Waals surface area contributed by atoms with Crippen molar-refractivity contribution >= 4 is 22.6 Å². The molecule has 0 aliphatic carbocycles. The minimum atomic E-state index is -0.527. The van der Waals surface area contributed by atoms with Crippen LogP contribution in [0.1, 0.15) is 31.1 Å². The highest BCUT2D eigenvalue weighted by Gasteiger charge is 2.13. The number of carbonyl (C=O) groups is 1. The number of esters is 1. The summed E-state index contributed by atoms with van der Waals surface area (Å²) in [5.41, 5.74) is 1.62. The molecule has 0 saturated carbocycles. The molecule has 0 bridgehead atoms. The predicted molar refractivity (Wildman–Crippen MR) is 81.6 cm³/mol. The number of benzene rings is 1. The molecule has 2 rings (SSSR count). The summed E-state index contributed by atoms with van der Waals surface area (Å²) >= 11 is 0. The zero-order valence-corrected chi connectivity index (χ0v) is 12.6. The fraction of sp³-hybridized carbons (Fsp3) is 0.375. The van der Waals surface area contributed by atoms with E-state index in [9.17, 15) is 4.79 Å². The van der Waals surface area contributed by atoms with E-state index in [2.05, 4.69) is 18.7 Å². The summed E-state index contributed by atoms with van der Waals surface area (Å²) in [5.74, 6) is -0.527. The SMILES string of the molecule is CCOC(=O)c1cc2ccc(N(CC)CC)cc2oc1=N. The van der Waals surface area contributed by atoms with E-state index in [0.717, 1.165) is 24.2 Å². The second-order valence-corrected chi connectivity index (χ2v) is 4.60. The maximum atomic E-state index is 11.8. The van der Waals surface area contributed by atoms with Gasteiger partial charge in [-0.15, -0.1) is 0 Å². The number of fused-ring (bicyclic) bond motifs is 1. The van der Waals surface area contributed by atoms with Gasteiger partial charge in [-0.2, -0.15) is 0 Å². The Labute approximate surface area is 123 Å². The molecule has 2 aromatic rings. The van der Waals surface area contributed by atoms with Gasteiger partial charge in [-0.3, -0.25) is 5.41 Å². The van der Waals surface area contributed by atoms with E-state index in [1.807, 2.05) is 18.2 Å². The van der Waals surface area contributed by atoms with Crippen molar-refractivity contribution in [3.8, 4) is 0 Å². The maximum absolute atomic E-state index is 11.8. The molecule has 1 N–H and O–H groups in total. The Hall–Kier alpha value is -2.30. The van der Waals surface area contributed by atoms with Gasteiger partial charge in [0, 0.05) is 30.2 Å². The fourth-order valence-corrected chi connectivity index (χ4v) is 2.26. The van der Waals surface area contributed by atoms with Gasteiger partial charge >= 0.3 is 5.97 Å². The van der Waals surface area contributed by atoms with Crippen molar-refractivity contribution in [2.45, 2.75) is 20.8 Å². The molecule has 0 spiro atoms. The number of rotatable bonds is 5. The van der Waals surface area contributed by atoms with Crippen molar-refractivity contribution in [3.05, 3.63) is 35.4 Å². The van der Waals surface area contributed by atoms with Crippen LogP contribution in [0.4, 0.5) is 5.69 Å².